The molecule has 11 heteroatoms. The number of halogens is 5. The molecule has 0 radical (unpaired) electrons. The number of ether oxygens (including phenoxy) is 1. The minimum absolute atomic E-state index is 0.125. The van der Waals surface area contributed by atoms with Gasteiger partial charge >= 0.3 is 11.9 Å². The molecular weight excluding hydrogens is 423 g/mol. The lowest BCUT2D eigenvalue weighted by molar-refractivity contribution is -0.139. The molecule has 0 aliphatic heterocycles. The molecule has 4 rings (SSSR count). The molecule has 3 aromatic rings. The van der Waals surface area contributed by atoms with E-state index in [0.29, 0.717) is 5.56 Å². The number of hydrogen-bond acceptors (Lipinski definition) is 4. The molecule has 0 bridgehead atoms. The van der Waals surface area contributed by atoms with Gasteiger partial charge in [-0.25, -0.2) is 13.6 Å². The smallest absolute Gasteiger partial charge is 0.419 e. The van der Waals surface area contributed by atoms with Crippen molar-refractivity contribution in [3.05, 3.63) is 69.1 Å². The highest BCUT2D eigenvalue weighted by Crippen LogP contribution is 2.56. The Morgan fingerprint density at radius 1 is 1.19 bits per heavy atom. The Kier molecular flexibility index (Phi) is 4.86. The molecule has 2 aromatic carbocycles. The van der Waals surface area contributed by atoms with Crippen molar-refractivity contribution in [2.75, 3.05) is 0 Å². The molecular formula is C20H17F5N4O2. The van der Waals surface area contributed by atoms with E-state index in [1.807, 2.05) is 0 Å². The van der Waals surface area contributed by atoms with Crippen LogP contribution in [0.3, 0.4) is 0 Å². The molecule has 1 heterocycles. The second kappa shape index (κ2) is 7.17. The zero-order chi connectivity index (χ0) is 22.6. The van der Waals surface area contributed by atoms with Crippen LogP contribution in [0.2, 0.25) is 0 Å². The first-order valence-corrected chi connectivity index (χ1v) is 9.28. The quantitative estimate of drug-likeness (QED) is 0.563. The van der Waals surface area contributed by atoms with Crippen LogP contribution < -0.4 is 10.4 Å². The van der Waals surface area contributed by atoms with Crippen molar-refractivity contribution in [1.82, 2.24) is 19.8 Å². The van der Waals surface area contributed by atoms with E-state index in [1.165, 1.54) is 37.4 Å². The second-order valence-corrected chi connectivity index (χ2v) is 7.45. The molecule has 1 aliphatic rings. The highest BCUT2D eigenvalue weighted by Gasteiger charge is 2.58. The molecule has 1 fully saturated rings. The summed E-state index contributed by atoms with van der Waals surface area (Å²) in [5, 5.41) is 7.33. The molecule has 0 spiro atoms. The molecule has 1 saturated carbocycles. The van der Waals surface area contributed by atoms with Crippen LogP contribution in [0.15, 0.2) is 41.2 Å². The van der Waals surface area contributed by atoms with Gasteiger partial charge in [-0.3, -0.25) is 0 Å². The number of hydrogen-bond donors (Lipinski definition) is 0. The summed E-state index contributed by atoms with van der Waals surface area (Å²) < 4.78 is 75.1. The van der Waals surface area contributed by atoms with Crippen molar-refractivity contribution in [3.63, 3.8) is 0 Å². The van der Waals surface area contributed by atoms with Gasteiger partial charge in [-0.2, -0.15) is 22.5 Å². The summed E-state index contributed by atoms with van der Waals surface area (Å²) >= 11 is 0. The topological polar surface area (TPSA) is 61.9 Å². The van der Waals surface area contributed by atoms with Crippen LogP contribution in [-0.2, 0) is 19.8 Å². The summed E-state index contributed by atoms with van der Waals surface area (Å²) in [4.78, 5) is 12.3. The van der Waals surface area contributed by atoms with E-state index < -0.39 is 48.0 Å². The zero-order valence-corrected chi connectivity index (χ0v) is 16.5. The van der Waals surface area contributed by atoms with Crippen LogP contribution in [0.5, 0.6) is 5.75 Å². The predicted octanol–water partition coefficient (Wildman–Crippen LogP) is 3.99. The number of aromatic nitrogens is 4. The number of alkyl halides is 5. The summed E-state index contributed by atoms with van der Waals surface area (Å²) in [6, 6.07) is 7.83. The van der Waals surface area contributed by atoms with E-state index in [1.54, 1.807) is 6.92 Å². The molecule has 0 saturated heterocycles. The van der Waals surface area contributed by atoms with Crippen LogP contribution in [0.25, 0.3) is 5.69 Å². The number of benzene rings is 2. The monoisotopic (exact) mass is 440 g/mol. The van der Waals surface area contributed by atoms with Crippen molar-refractivity contribution in [3.8, 4) is 11.4 Å². The third-order valence-electron chi connectivity index (χ3n) is 5.15. The van der Waals surface area contributed by atoms with Gasteiger partial charge in [-0.1, -0.05) is 18.2 Å². The zero-order valence-electron chi connectivity index (χ0n) is 16.5. The first-order valence-electron chi connectivity index (χ1n) is 9.28. The number of aryl methyl sites for hydroxylation is 2. The van der Waals surface area contributed by atoms with E-state index >= 15 is 0 Å². The van der Waals surface area contributed by atoms with Crippen LogP contribution >= 0.6 is 0 Å². The van der Waals surface area contributed by atoms with Crippen molar-refractivity contribution < 1.29 is 26.7 Å². The maximum Gasteiger partial charge on any atom is 0.419 e. The fourth-order valence-electron chi connectivity index (χ4n) is 3.42. The van der Waals surface area contributed by atoms with Crippen molar-refractivity contribution in [2.24, 2.45) is 7.05 Å². The molecule has 1 aliphatic carbocycles. The predicted molar refractivity (Wildman–Crippen MR) is 99.4 cm³/mol. The van der Waals surface area contributed by atoms with Gasteiger partial charge in [-0.05, 0) is 46.7 Å². The van der Waals surface area contributed by atoms with E-state index in [0.717, 1.165) is 15.4 Å². The number of tetrazole rings is 1. The van der Waals surface area contributed by atoms with E-state index in [-0.39, 0.29) is 16.8 Å². The average molecular weight is 440 g/mol. The second-order valence-electron chi connectivity index (χ2n) is 7.45. The van der Waals surface area contributed by atoms with E-state index in [4.69, 9.17) is 4.74 Å². The summed E-state index contributed by atoms with van der Waals surface area (Å²) in [7, 11) is 1.36. The summed E-state index contributed by atoms with van der Waals surface area (Å²) in [5.74, 6) is -4.47. The lowest BCUT2D eigenvalue weighted by Gasteiger charge is -2.18. The first kappa shape index (κ1) is 21.0. The Balaban J connectivity index is 1.79. The minimum Gasteiger partial charge on any atom is -0.488 e. The van der Waals surface area contributed by atoms with Crippen molar-refractivity contribution in [1.29, 1.82) is 0 Å². The van der Waals surface area contributed by atoms with Crippen molar-refractivity contribution in [2.45, 2.75) is 38.0 Å². The van der Waals surface area contributed by atoms with Gasteiger partial charge in [0.25, 0.3) is 5.92 Å². The standard InChI is InChI=1S/C20H17F5N4O2/c1-11-6-7-14(20(23,24)25)17(8-11)31-10-13-12(15-9-19(15,21)22)4-3-5-16(13)29-18(30)28(2)26-27-29/h3-8,15H,9-10H2,1-2H3. The maximum absolute atomic E-state index is 13.8. The highest BCUT2D eigenvalue weighted by molar-refractivity contribution is 5.49. The minimum atomic E-state index is -4.66. The van der Waals surface area contributed by atoms with Gasteiger partial charge < -0.3 is 4.74 Å². The van der Waals surface area contributed by atoms with Crippen LogP contribution in [0, 0.1) is 6.92 Å². The molecule has 164 valence electrons. The van der Waals surface area contributed by atoms with E-state index in [9.17, 15) is 26.7 Å². The Bertz CT molecular complexity index is 1200. The van der Waals surface area contributed by atoms with Gasteiger partial charge in [0.2, 0.25) is 0 Å². The lowest BCUT2D eigenvalue weighted by atomic mass is 10.0. The van der Waals surface area contributed by atoms with Gasteiger partial charge in [0.1, 0.15) is 12.4 Å². The summed E-state index contributed by atoms with van der Waals surface area (Å²) in [6.07, 6.45) is -5.05. The van der Waals surface area contributed by atoms with Gasteiger partial charge in [-0.15, -0.1) is 0 Å². The Morgan fingerprint density at radius 2 is 1.90 bits per heavy atom. The van der Waals surface area contributed by atoms with E-state index in [2.05, 4.69) is 10.4 Å². The average Bonchev–Trinajstić information content (AvgIpc) is 3.20. The number of rotatable bonds is 5. The summed E-state index contributed by atoms with van der Waals surface area (Å²) in [6.45, 7) is 1.14. The Morgan fingerprint density at radius 3 is 2.48 bits per heavy atom. The third kappa shape index (κ3) is 3.91. The Hall–Kier alpha value is -3.24. The molecule has 6 nitrogen and oxygen atoms in total. The third-order valence-corrected chi connectivity index (χ3v) is 5.15. The van der Waals surface area contributed by atoms with Gasteiger partial charge in [0.05, 0.1) is 17.2 Å². The lowest BCUT2D eigenvalue weighted by Crippen LogP contribution is -2.23. The van der Waals surface area contributed by atoms with Gasteiger partial charge in [0.15, 0.2) is 0 Å². The van der Waals surface area contributed by atoms with Crippen molar-refractivity contribution >= 4 is 0 Å². The largest absolute Gasteiger partial charge is 0.488 e. The fourth-order valence-corrected chi connectivity index (χ4v) is 3.42. The molecule has 0 amide bonds. The fraction of sp³-hybridized carbons (Fsp3) is 0.350. The Labute approximate surface area is 172 Å². The molecule has 1 unspecified atom stereocenters. The maximum atomic E-state index is 13.8. The molecule has 1 atom stereocenters. The normalized spacial score (nSPS) is 17.6. The molecule has 0 N–H and O–H groups in total. The first-order chi connectivity index (χ1) is 14.5. The van der Waals surface area contributed by atoms with Crippen LogP contribution in [0.4, 0.5) is 22.0 Å². The van der Waals surface area contributed by atoms with Gasteiger partial charge in [0, 0.05) is 19.0 Å². The molecule has 31 heavy (non-hydrogen) atoms. The SMILES string of the molecule is Cc1ccc(C(F)(F)F)c(OCc2c(C3CC3(F)F)cccc2-n2nnn(C)c2=O)c1. The van der Waals surface area contributed by atoms with Crippen LogP contribution in [0.1, 0.15) is 34.6 Å². The van der Waals surface area contributed by atoms with Crippen LogP contribution in [-0.4, -0.2) is 25.7 Å². The highest BCUT2D eigenvalue weighted by atomic mass is 19.4. The summed E-state index contributed by atoms with van der Waals surface area (Å²) in [5.41, 5.74) is -0.601. The molecule has 1 aromatic heterocycles. The number of nitrogens with zero attached hydrogens (tertiary/aromatic N) is 4.